The normalized spacial score (nSPS) is 12.9. The van der Waals surface area contributed by atoms with Gasteiger partial charge in [0.25, 0.3) is 0 Å². The Hall–Kier alpha value is -0.900. The summed E-state index contributed by atoms with van der Waals surface area (Å²) < 4.78 is 13.8. The van der Waals surface area contributed by atoms with Gasteiger partial charge in [-0.25, -0.2) is 4.39 Å². The Morgan fingerprint density at radius 2 is 2.05 bits per heavy atom. The Balaban J connectivity index is 2.09. The number of halogens is 2. The van der Waals surface area contributed by atoms with Crippen LogP contribution in [-0.2, 0) is 6.54 Å². The van der Waals surface area contributed by atoms with Crippen molar-refractivity contribution in [3.63, 3.8) is 0 Å². The Morgan fingerprint density at radius 3 is 2.68 bits per heavy atom. The van der Waals surface area contributed by atoms with E-state index in [0.717, 1.165) is 0 Å². The highest BCUT2D eigenvalue weighted by molar-refractivity contribution is 7.10. The van der Waals surface area contributed by atoms with Gasteiger partial charge in [0.05, 0.1) is 5.02 Å². The molecule has 0 amide bonds. The van der Waals surface area contributed by atoms with Crippen molar-refractivity contribution in [3.8, 4) is 0 Å². The molecule has 1 N–H and O–H groups in total. The van der Waals surface area contributed by atoms with Gasteiger partial charge in [-0.05, 0) is 23.4 Å². The van der Waals surface area contributed by atoms with E-state index in [4.69, 9.17) is 11.6 Å². The molecular weight excluding hydrogens is 281 g/mol. The van der Waals surface area contributed by atoms with Crippen molar-refractivity contribution >= 4 is 22.9 Å². The average Bonchev–Trinajstić information content (AvgIpc) is 2.88. The molecule has 0 fully saturated rings. The van der Waals surface area contributed by atoms with Crippen LogP contribution in [0.4, 0.5) is 4.39 Å². The lowest BCUT2D eigenvalue weighted by Gasteiger charge is -2.21. The maximum atomic E-state index is 13.8. The molecule has 0 radical (unpaired) electrons. The fourth-order valence-electron chi connectivity index (χ4n) is 2.04. The van der Waals surface area contributed by atoms with Crippen LogP contribution in [-0.4, -0.2) is 0 Å². The Bertz CT molecular complexity index is 525. The van der Waals surface area contributed by atoms with E-state index < -0.39 is 0 Å². The molecule has 2 rings (SSSR count). The van der Waals surface area contributed by atoms with Crippen LogP contribution in [0.25, 0.3) is 0 Å². The lowest BCUT2D eigenvalue weighted by atomic mass is 10.0. The molecule has 1 heterocycles. The number of thiophene rings is 1. The molecule has 1 nitrogen and oxygen atoms in total. The molecule has 1 unspecified atom stereocenters. The third kappa shape index (κ3) is 3.56. The molecule has 1 atom stereocenters. The molecule has 0 aliphatic carbocycles. The molecule has 4 heteroatoms. The van der Waals surface area contributed by atoms with Gasteiger partial charge in [-0.2, -0.15) is 0 Å². The zero-order valence-corrected chi connectivity index (χ0v) is 12.6. The summed E-state index contributed by atoms with van der Waals surface area (Å²) in [6.45, 7) is 4.80. The van der Waals surface area contributed by atoms with Crippen molar-refractivity contribution in [2.24, 2.45) is 5.92 Å². The monoisotopic (exact) mass is 297 g/mol. The van der Waals surface area contributed by atoms with E-state index in [1.165, 1.54) is 4.88 Å². The molecule has 0 aliphatic heterocycles. The molecule has 2 aromatic rings. The summed E-state index contributed by atoms with van der Waals surface area (Å²) >= 11 is 7.51. The minimum absolute atomic E-state index is 0.177. The van der Waals surface area contributed by atoms with Gasteiger partial charge in [-0.1, -0.05) is 43.6 Å². The fraction of sp³-hybridized carbons (Fsp3) is 0.333. The van der Waals surface area contributed by atoms with Gasteiger partial charge >= 0.3 is 0 Å². The third-order valence-corrected chi connectivity index (χ3v) is 4.31. The first-order valence-corrected chi connectivity index (χ1v) is 7.55. The summed E-state index contributed by atoms with van der Waals surface area (Å²) in [5, 5.41) is 5.66. The fourth-order valence-corrected chi connectivity index (χ4v) is 3.21. The van der Waals surface area contributed by atoms with Gasteiger partial charge in [0, 0.05) is 23.0 Å². The first-order chi connectivity index (χ1) is 9.09. The van der Waals surface area contributed by atoms with Gasteiger partial charge in [0.2, 0.25) is 0 Å². The van der Waals surface area contributed by atoms with Crippen molar-refractivity contribution in [2.45, 2.75) is 26.4 Å². The Labute approximate surface area is 122 Å². The smallest absolute Gasteiger partial charge is 0.146 e. The highest BCUT2D eigenvalue weighted by Crippen LogP contribution is 2.26. The second kappa shape index (κ2) is 6.51. The van der Waals surface area contributed by atoms with E-state index >= 15 is 0 Å². The number of benzene rings is 1. The van der Waals surface area contributed by atoms with Crippen molar-refractivity contribution in [1.29, 1.82) is 0 Å². The van der Waals surface area contributed by atoms with Crippen LogP contribution in [0.15, 0.2) is 35.7 Å². The summed E-state index contributed by atoms with van der Waals surface area (Å²) in [6, 6.07) is 9.49. The predicted molar refractivity (Wildman–Crippen MR) is 80.1 cm³/mol. The van der Waals surface area contributed by atoms with E-state index in [9.17, 15) is 4.39 Å². The van der Waals surface area contributed by atoms with Crippen LogP contribution >= 0.6 is 22.9 Å². The van der Waals surface area contributed by atoms with E-state index in [1.54, 1.807) is 29.5 Å². The number of rotatable bonds is 5. The van der Waals surface area contributed by atoms with Crippen LogP contribution in [0.3, 0.4) is 0 Å². The molecule has 0 bridgehead atoms. The first kappa shape index (κ1) is 14.5. The van der Waals surface area contributed by atoms with Crippen LogP contribution < -0.4 is 5.32 Å². The quantitative estimate of drug-likeness (QED) is 0.816. The highest BCUT2D eigenvalue weighted by atomic mass is 35.5. The molecule has 1 aromatic heterocycles. The molecule has 0 saturated carbocycles. The maximum absolute atomic E-state index is 13.8. The Kier molecular flexibility index (Phi) is 4.97. The number of hydrogen-bond donors (Lipinski definition) is 1. The van der Waals surface area contributed by atoms with E-state index in [0.29, 0.717) is 18.0 Å². The third-order valence-electron chi connectivity index (χ3n) is 3.06. The van der Waals surface area contributed by atoms with Gasteiger partial charge in [0.15, 0.2) is 0 Å². The number of nitrogens with one attached hydrogen (secondary N) is 1. The second-order valence-electron chi connectivity index (χ2n) is 4.83. The maximum Gasteiger partial charge on any atom is 0.146 e. The van der Waals surface area contributed by atoms with Crippen LogP contribution in [0, 0.1) is 11.7 Å². The van der Waals surface area contributed by atoms with E-state index in [-0.39, 0.29) is 16.9 Å². The van der Waals surface area contributed by atoms with Crippen molar-refractivity contribution in [3.05, 3.63) is 57.0 Å². The minimum Gasteiger partial charge on any atom is -0.305 e. The molecule has 102 valence electrons. The SMILES string of the molecule is CC(C)C(NCc1cccc(Cl)c1F)c1cccs1. The van der Waals surface area contributed by atoms with Crippen LogP contribution in [0.1, 0.15) is 30.3 Å². The summed E-state index contributed by atoms with van der Waals surface area (Å²) in [6.07, 6.45) is 0. The standard InChI is InChI=1S/C15H17ClFNS/c1-10(2)15(13-7-4-8-19-13)18-9-11-5-3-6-12(16)14(11)17/h3-8,10,15,18H,9H2,1-2H3. The minimum atomic E-state index is -0.328. The van der Waals surface area contributed by atoms with Gasteiger partial charge in [0.1, 0.15) is 5.82 Å². The topological polar surface area (TPSA) is 12.0 Å². The molecule has 0 aliphatic rings. The van der Waals surface area contributed by atoms with Gasteiger partial charge < -0.3 is 5.32 Å². The predicted octanol–water partition coefficient (Wildman–Crippen LogP) is 5.03. The number of hydrogen-bond acceptors (Lipinski definition) is 2. The lowest BCUT2D eigenvalue weighted by Crippen LogP contribution is -2.25. The summed E-state index contributed by atoms with van der Waals surface area (Å²) in [5.74, 6) is 0.117. The van der Waals surface area contributed by atoms with Crippen LogP contribution in [0.5, 0.6) is 0 Å². The molecule has 19 heavy (non-hydrogen) atoms. The zero-order valence-electron chi connectivity index (χ0n) is 11.0. The van der Waals surface area contributed by atoms with Crippen LogP contribution in [0.2, 0.25) is 5.02 Å². The molecule has 1 aromatic carbocycles. The summed E-state index contributed by atoms with van der Waals surface area (Å²) in [7, 11) is 0. The van der Waals surface area contributed by atoms with Crippen molar-refractivity contribution in [2.75, 3.05) is 0 Å². The zero-order chi connectivity index (χ0) is 13.8. The van der Waals surface area contributed by atoms with Crippen molar-refractivity contribution in [1.82, 2.24) is 5.32 Å². The van der Waals surface area contributed by atoms with Gasteiger partial charge in [-0.15, -0.1) is 11.3 Å². The largest absolute Gasteiger partial charge is 0.305 e. The lowest BCUT2D eigenvalue weighted by molar-refractivity contribution is 0.412. The first-order valence-electron chi connectivity index (χ1n) is 6.29. The molecule has 0 spiro atoms. The van der Waals surface area contributed by atoms with E-state index in [2.05, 4.69) is 30.6 Å². The average molecular weight is 298 g/mol. The summed E-state index contributed by atoms with van der Waals surface area (Å²) in [4.78, 5) is 1.28. The van der Waals surface area contributed by atoms with Gasteiger partial charge in [-0.3, -0.25) is 0 Å². The summed E-state index contributed by atoms with van der Waals surface area (Å²) in [5.41, 5.74) is 0.606. The second-order valence-corrected chi connectivity index (χ2v) is 6.22. The molecule has 0 saturated heterocycles. The Morgan fingerprint density at radius 1 is 1.26 bits per heavy atom. The molecular formula is C15H17ClFNS. The van der Waals surface area contributed by atoms with E-state index in [1.807, 2.05) is 6.07 Å². The van der Waals surface area contributed by atoms with Crippen molar-refractivity contribution < 1.29 is 4.39 Å². The highest BCUT2D eigenvalue weighted by Gasteiger charge is 2.17.